The minimum Gasteiger partial charge on any atom is -0.379 e. The number of hydrogen-bond acceptors (Lipinski definition) is 4. The summed E-state index contributed by atoms with van der Waals surface area (Å²) in [6, 6.07) is 14.8. The lowest BCUT2D eigenvalue weighted by molar-refractivity contribution is -0.120. The number of carbonyl (C=O) groups is 1. The number of nitrogens with one attached hydrogen (secondary N) is 1. The predicted molar refractivity (Wildman–Crippen MR) is 118 cm³/mol. The second-order valence-electron chi connectivity index (χ2n) is 7.84. The lowest BCUT2D eigenvalue weighted by Gasteiger charge is -2.26. The second-order valence-corrected chi connectivity index (χ2v) is 7.84. The third kappa shape index (κ3) is 5.96. The highest BCUT2D eigenvalue weighted by Crippen LogP contribution is 2.23. The largest absolute Gasteiger partial charge is 0.379 e. The first-order valence-electron chi connectivity index (χ1n) is 10.6. The molecule has 0 radical (unpaired) electrons. The number of carbonyl (C=O) groups excluding carboxylic acids is 1. The standard InChI is InChI=1S/C25H25F2N3O2/c26-21-3-1-2-18(12-21)16-29-25(31)14-19-5-7-24(28-15-19)22-6-4-20(13-23(22)27)17-30-8-10-32-11-9-30/h1-7,12-13,15H,8-11,14,16-17H2,(H,29,31). The van der Waals surface area contributed by atoms with Crippen LogP contribution in [0.2, 0.25) is 0 Å². The van der Waals surface area contributed by atoms with E-state index in [9.17, 15) is 13.6 Å². The van der Waals surface area contributed by atoms with Crippen LogP contribution in [0.1, 0.15) is 16.7 Å². The maximum Gasteiger partial charge on any atom is 0.224 e. The van der Waals surface area contributed by atoms with Crippen LogP contribution < -0.4 is 5.32 Å². The molecule has 1 aromatic heterocycles. The van der Waals surface area contributed by atoms with E-state index in [1.54, 1.807) is 42.6 Å². The number of aromatic nitrogens is 1. The zero-order chi connectivity index (χ0) is 22.3. The number of pyridine rings is 1. The van der Waals surface area contributed by atoms with Crippen LogP contribution in [0.3, 0.4) is 0 Å². The summed E-state index contributed by atoms with van der Waals surface area (Å²) in [5.74, 6) is -0.843. The van der Waals surface area contributed by atoms with Crippen molar-refractivity contribution in [1.82, 2.24) is 15.2 Å². The van der Waals surface area contributed by atoms with Crippen molar-refractivity contribution in [2.45, 2.75) is 19.5 Å². The predicted octanol–water partition coefficient (Wildman–Crippen LogP) is 3.72. The molecule has 1 aliphatic rings. The molecule has 7 heteroatoms. The summed E-state index contributed by atoms with van der Waals surface area (Å²) in [4.78, 5) is 18.8. The molecule has 166 valence electrons. The van der Waals surface area contributed by atoms with Crippen molar-refractivity contribution in [3.05, 3.63) is 89.1 Å². The summed E-state index contributed by atoms with van der Waals surface area (Å²) in [5, 5.41) is 2.76. The van der Waals surface area contributed by atoms with Gasteiger partial charge in [0, 0.05) is 37.9 Å². The van der Waals surface area contributed by atoms with Gasteiger partial charge in [0.05, 0.1) is 25.3 Å². The molecule has 4 rings (SSSR count). The van der Waals surface area contributed by atoms with E-state index < -0.39 is 0 Å². The summed E-state index contributed by atoms with van der Waals surface area (Å²) in [7, 11) is 0. The van der Waals surface area contributed by atoms with Crippen molar-refractivity contribution in [3.8, 4) is 11.3 Å². The summed E-state index contributed by atoms with van der Waals surface area (Å²) < 4.78 is 33.3. The minimum absolute atomic E-state index is 0.142. The van der Waals surface area contributed by atoms with Gasteiger partial charge in [-0.15, -0.1) is 0 Å². The molecule has 1 fully saturated rings. The van der Waals surface area contributed by atoms with E-state index in [2.05, 4.69) is 15.2 Å². The van der Waals surface area contributed by atoms with Crippen molar-refractivity contribution in [3.63, 3.8) is 0 Å². The molecule has 0 unspecified atom stereocenters. The fourth-order valence-corrected chi connectivity index (χ4v) is 3.67. The molecule has 0 bridgehead atoms. The highest BCUT2D eigenvalue weighted by molar-refractivity contribution is 5.78. The highest BCUT2D eigenvalue weighted by atomic mass is 19.1. The monoisotopic (exact) mass is 437 g/mol. The Morgan fingerprint density at radius 1 is 1.00 bits per heavy atom. The van der Waals surface area contributed by atoms with Crippen LogP contribution in [-0.4, -0.2) is 42.1 Å². The van der Waals surface area contributed by atoms with Crippen molar-refractivity contribution in [2.24, 2.45) is 0 Å². The third-order valence-electron chi connectivity index (χ3n) is 5.39. The van der Waals surface area contributed by atoms with Crippen molar-refractivity contribution >= 4 is 5.91 Å². The molecular formula is C25H25F2N3O2. The van der Waals surface area contributed by atoms with E-state index in [-0.39, 0.29) is 30.5 Å². The smallest absolute Gasteiger partial charge is 0.224 e. The van der Waals surface area contributed by atoms with Gasteiger partial charge in [0.15, 0.2) is 0 Å². The molecule has 2 heterocycles. The number of amides is 1. The Morgan fingerprint density at radius 2 is 1.81 bits per heavy atom. The quantitative estimate of drug-likeness (QED) is 0.612. The lowest BCUT2D eigenvalue weighted by Crippen LogP contribution is -2.35. The second kappa shape index (κ2) is 10.4. The van der Waals surface area contributed by atoms with Gasteiger partial charge in [-0.2, -0.15) is 0 Å². The van der Waals surface area contributed by atoms with Gasteiger partial charge >= 0.3 is 0 Å². The van der Waals surface area contributed by atoms with Gasteiger partial charge in [0.25, 0.3) is 0 Å². The maximum absolute atomic E-state index is 14.7. The average molecular weight is 437 g/mol. The molecule has 0 spiro atoms. The summed E-state index contributed by atoms with van der Waals surface area (Å²) in [5.41, 5.74) is 3.27. The number of morpholine rings is 1. The Bertz CT molecular complexity index is 1070. The first-order valence-corrected chi connectivity index (χ1v) is 10.6. The Hall–Kier alpha value is -3.16. The van der Waals surface area contributed by atoms with E-state index in [1.165, 1.54) is 12.1 Å². The van der Waals surface area contributed by atoms with Crippen molar-refractivity contribution in [2.75, 3.05) is 26.3 Å². The Morgan fingerprint density at radius 3 is 2.53 bits per heavy atom. The first-order chi connectivity index (χ1) is 15.6. The molecule has 1 aliphatic heterocycles. The molecule has 3 aromatic rings. The summed E-state index contributed by atoms with van der Waals surface area (Å²) in [6.45, 7) is 4.06. The van der Waals surface area contributed by atoms with Crippen LogP contribution in [0.5, 0.6) is 0 Å². The number of nitrogens with zero attached hydrogens (tertiary/aromatic N) is 2. The molecule has 5 nitrogen and oxygen atoms in total. The normalized spacial score (nSPS) is 14.3. The SMILES string of the molecule is O=C(Cc1ccc(-c2ccc(CN3CCOCC3)cc2F)nc1)NCc1cccc(F)c1. The van der Waals surface area contributed by atoms with Gasteiger partial charge in [-0.05, 0) is 47.0 Å². The van der Waals surface area contributed by atoms with Crippen molar-refractivity contribution < 1.29 is 18.3 Å². The molecule has 0 saturated carbocycles. The topological polar surface area (TPSA) is 54.5 Å². The Balaban J connectivity index is 1.34. The van der Waals surface area contributed by atoms with Gasteiger partial charge in [-0.25, -0.2) is 8.78 Å². The van der Waals surface area contributed by atoms with Gasteiger partial charge < -0.3 is 10.1 Å². The van der Waals surface area contributed by atoms with Gasteiger partial charge in [-0.1, -0.05) is 24.3 Å². The summed E-state index contributed by atoms with van der Waals surface area (Å²) in [6.07, 6.45) is 1.72. The lowest BCUT2D eigenvalue weighted by atomic mass is 10.1. The minimum atomic E-state index is -0.335. The number of benzene rings is 2. The number of hydrogen-bond donors (Lipinski definition) is 1. The molecule has 32 heavy (non-hydrogen) atoms. The zero-order valence-electron chi connectivity index (χ0n) is 17.7. The maximum atomic E-state index is 14.7. The van der Waals surface area contributed by atoms with Gasteiger partial charge in [0.1, 0.15) is 11.6 Å². The Labute approximate surface area is 186 Å². The van der Waals surface area contributed by atoms with Crippen LogP contribution in [0.25, 0.3) is 11.3 Å². The molecule has 0 atom stereocenters. The molecule has 1 saturated heterocycles. The van der Waals surface area contributed by atoms with E-state index in [0.717, 1.165) is 24.2 Å². The van der Waals surface area contributed by atoms with E-state index >= 15 is 0 Å². The van der Waals surface area contributed by atoms with E-state index in [0.29, 0.717) is 36.6 Å². The fourth-order valence-electron chi connectivity index (χ4n) is 3.67. The van der Waals surface area contributed by atoms with Gasteiger partial charge in [0.2, 0.25) is 5.91 Å². The molecule has 0 aliphatic carbocycles. The average Bonchev–Trinajstić information content (AvgIpc) is 2.79. The van der Waals surface area contributed by atoms with Crippen LogP contribution >= 0.6 is 0 Å². The Kier molecular flexibility index (Phi) is 7.19. The van der Waals surface area contributed by atoms with Crippen LogP contribution in [-0.2, 0) is 29.0 Å². The molecule has 2 aromatic carbocycles. The number of ether oxygens (including phenoxy) is 1. The highest BCUT2D eigenvalue weighted by Gasteiger charge is 2.13. The first kappa shape index (κ1) is 22.0. The zero-order valence-corrected chi connectivity index (χ0v) is 17.7. The van der Waals surface area contributed by atoms with Crippen LogP contribution in [0.4, 0.5) is 8.78 Å². The number of rotatable bonds is 7. The third-order valence-corrected chi connectivity index (χ3v) is 5.39. The van der Waals surface area contributed by atoms with Crippen LogP contribution in [0, 0.1) is 11.6 Å². The summed E-state index contributed by atoms with van der Waals surface area (Å²) >= 11 is 0. The fraction of sp³-hybridized carbons (Fsp3) is 0.280. The molecule has 1 amide bonds. The van der Waals surface area contributed by atoms with Crippen LogP contribution in [0.15, 0.2) is 60.8 Å². The number of halogens is 2. The van der Waals surface area contributed by atoms with Gasteiger partial charge in [-0.3, -0.25) is 14.7 Å². The molecule has 1 N–H and O–H groups in total. The molecular weight excluding hydrogens is 412 g/mol. The van der Waals surface area contributed by atoms with E-state index in [4.69, 9.17) is 4.74 Å². The van der Waals surface area contributed by atoms with Crippen molar-refractivity contribution in [1.29, 1.82) is 0 Å². The van der Waals surface area contributed by atoms with E-state index in [1.807, 2.05) is 6.07 Å².